The second-order valence-corrected chi connectivity index (χ2v) is 3.42. The van der Waals surface area contributed by atoms with Crippen LogP contribution in [0, 0.1) is 0 Å². The molecular formula is C7H16N3Pt-. The first-order chi connectivity index (χ1) is 5.22. The molecular weight excluding hydrogens is 321 g/mol. The van der Waals surface area contributed by atoms with Crippen LogP contribution in [0.25, 0.3) is 5.73 Å². The molecule has 1 fully saturated rings. The summed E-state index contributed by atoms with van der Waals surface area (Å²) in [7, 11) is 0. The minimum Gasteiger partial charge on any atom is -0.673 e. The number of nitrogens with two attached hydrogens (primary N) is 2. The van der Waals surface area contributed by atoms with Gasteiger partial charge in [-0.25, -0.2) is 0 Å². The summed E-state index contributed by atoms with van der Waals surface area (Å²) in [6.45, 7) is 0. The number of rotatable bonds is 0. The molecule has 0 aliphatic heterocycles. The van der Waals surface area contributed by atoms with Crippen LogP contribution in [0.4, 0.5) is 0 Å². The normalized spacial score (nSPS) is 30.3. The molecule has 0 amide bonds. The fraction of sp³-hybridized carbons (Fsp3) is 0.857. The molecule has 5 N–H and O–H groups in total. The van der Waals surface area contributed by atoms with E-state index in [1.54, 1.807) is 0 Å². The van der Waals surface area contributed by atoms with Crippen LogP contribution < -0.4 is 11.5 Å². The van der Waals surface area contributed by atoms with E-state index in [9.17, 15) is 0 Å². The van der Waals surface area contributed by atoms with Crippen molar-refractivity contribution in [3.05, 3.63) is 5.73 Å². The molecule has 2 unspecified atom stereocenters. The van der Waals surface area contributed by atoms with Gasteiger partial charge >= 0.3 is 29.6 Å². The minimum atomic E-state index is 0.0312. The van der Waals surface area contributed by atoms with Gasteiger partial charge in [0.15, 0.2) is 0 Å². The minimum absolute atomic E-state index is 0.0312. The topological polar surface area (TPSA) is 75.8 Å². The van der Waals surface area contributed by atoms with Gasteiger partial charge in [0.2, 0.25) is 0 Å². The molecule has 70 valence electrons. The predicted octanol–water partition coefficient (Wildman–Crippen LogP) is 0.560. The van der Waals surface area contributed by atoms with Crippen LogP contribution in [-0.4, -0.2) is 16.6 Å². The molecule has 0 aromatic rings. The van der Waals surface area contributed by atoms with Crippen LogP contribution in [0.1, 0.15) is 25.7 Å². The van der Waals surface area contributed by atoms with Gasteiger partial charge in [0.05, 0.1) is 0 Å². The van der Waals surface area contributed by atoms with E-state index in [1.807, 2.05) is 19.4 Å². The van der Waals surface area contributed by atoms with E-state index < -0.39 is 0 Å². The Hall–Kier alpha value is 0.438. The monoisotopic (exact) mass is 337 g/mol. The Morgan fingerprint density at radius 3 is 2.09 bits per heavy atom. The van der Waals surface area contributed by atoms with Crippen molar-refractivity contribution in [2.45, 2.75) is 37.8 Å². The van der Waals surface area contributed by atoms with Gasteiger partial charge in [-0.05, 0) is 12.5 Å². The maximum absolute atomic E-state index is 7.35. The molecule has 1 saturated carbocycles. The van der Waals surface area contributed by atoms with Gasteiger partial charge in [-0.1, -0.05) is 19.3 Å². The molecule has 0 bridgehead atoms. The van der Waals surface area contributed by atoms with Crippen LogP contribution in [0.2, 0.25) is 0 Å². The average molecular weight is 337 g/mol. The van der Waals surface area contributed by atoms with Crippen molar-refractivity contribution in [1.82, 2.24) is 0 Å². The van der Waals surface area contributed by atoms with E-state index >= 15 is 0 Å². The van der Waals surface area contributed by atoms with Crippen molar-refractivity contribution in [2.75, 3.05) is 0 Å². The van der Waals surface area contributed by atoms with E-state index in [-0.39, 0.29) is 12.1 Å². The molecule has 0 saturated heterocycles. The molecule has 2 atom stereocenters. The molecule has 0 radical (unpaired) electrons. The SMILES string of the molecule is N[CH]=[Pt].[NH-]C1CCCCC1N. The fourth-order valence-electron chi connectivity index (χ4n) is 1.16. The second-order valence-electron chi connectivity index (χ2n) is 2.66. The van der Waals surface area contributed by atoms with E-state index in [1.165, 1.54) is 17.4 Å². The molecule has 1 rings (SSSR count). The Kier molecular flexibility index (Phi) is 7.39. The smallest absolute Gasteiger partial charge is 0.0123 e. The molecule has 1 aliphatic carbocycles. The summed E-state index contributed by atoms with van der Waals surface area (Å²) in [4.78, 5) is 0. The Morgan fingerprint density at radius 2 is 1.82 bits per heavy atom. The van der Waals surface area contributed by atoms with Gasteiger partial charge in [0.25, 0.3) is 0 Å². The third kappa shape index (κ3) is 5.68. The first-order valence-corrected chi connectivity index (χ1v) is 5.10. The Morgan fingerprint density at radius 1 is 1.36 bits per heavy atom. The Bertz CT molecular complexity index is 97.9. The van der Waals surface area contributed by atoms with E-state index in [2.05, 4.69) is 0 Å². The number of hydrogen-bond acceptors (Lipinski definition) is 2. The summed E-state index contributed by atoms with van der Waals surface area (Å²) < 4.78 is 1.47. The maximum Gasteiger partial charge on any atom is -0.0123 e. The molecule has 1 aliphatic rings. The predicted molar refractivity (Wildman–Crippen MR) is 44.8 cm³/mol. The summed E-state index contributed by atoms with van der Waals surface area (Å²) in [5.41, 5.74) is 17.7. The van der Waals surface area contributed by atoms with Gasteiger partial charge < -0.3 is 11.5 Å². The molecule has 0 spiro atoms. The zero-order valence-corrected chi connectivity index (χ0v) is 8.80. The van der Waals surface area contributed by atoms with Crippen molar-refractivity contribution in [3.8, 4) is 0 Å². The average Bonchev–Trinajstić information content (AvgIpc) is 1.97. The number of hydrogen-bond donors (Lipinski definition) is 2. The molecule has 4 heteroatoms. The van der Waals surface area contributed by atoms with Crippen molar-refractivity contribution >= 4 is 4.52 Å². The van der Waals surface area contributed by atoms with Crippen molar-refractivity contribution < 1.29 is 19.4 Å². The molecule has 3 nitrogen and oxygen atoms in total. The van der Waals surface area contributed by atoms with Crippen LogP contribution in [0.3, 0.4) is 0 Å². The molecule has 11 heavy (non-hydrogen) atoms. The van der Waals surface area contributed by atoms with Gasteiger partial charge in [0.1, 0.15) is 0 Å². The van der Waals surface area contributed by atoms with E-state index in [4.69, 9.17) is 17.2 Å². The summed E-state index contributed by atoms with van der Waals surface area (Å²) in [6.07, 6.45) is 4.52. The summed E-state index contributed by atoms with van der Waals surface area (Å²) in [5, 5.41) is 0. The van der Waals surface area contributed by atoms with Crippen molar-refractivity contribution in [1.29, 1.82) is 0 Å². The number of nitrogens with one attached hydrogen (secondary N) is 1. The maximum atomic E-state index is 7.35. The van der Waals surface area contributed by atoms with E-state index in [0.29, 0.717) is 0 Å². The van der Waals surface area contributed by atoms with Gasteiger partial charge in [-0.2, -0.15) is 0 Å². The molecule has 0 aromatic heterocycles. The zero-order valence-electron chi connectivity index (χ0n) is 6.53. The first-order valence-electron chi connectivity index (χ1n) is 3.79. The second kappa shape index (κ2) is 7.11. The van der Waals surface area contributed by atoms with Gasteiger partial charge in [-0.3, -0.25) is 0 Å². The van der Waals surface area contributed by atoms with Crippen LogP contribution in [0.15, 0.2) is 0 Å². The van der Waals surface area contributed by atoms with Crippen LogP contribution in [-0.2, 0) is 19.4 Å². The third-order valence-corrected chi connectivity index (χ3v) is 1.82. The summed E-state index contributed by atoms with van der Waals surface area (Å²) in [6, 6.07) is 0.201. The molecule has 0 aromatic carbocycles. The zero-order chi connectivity index (χ0) is 8.69. The van der Waals surface area contributed by atoms with Gasteiger partial charge in [-0.15, -0.1) is 6.04 Å². The molecule has 0 heterocycles. The van der Waals surface area contributed by atoms with Crippen LogP contribution >= 0.6 is 0 Å². The Balaban J connectivity index is 0.000000292. The summed E-state index contributed by atoms with van der Waals surface area (Å²) in [5.74, 6) is 0. The Labute approximate surface area is 79.1 Å². The fourth-order valence-corrected chi connectivity index (χ4v) is 1.16. The standard InChI is InChI=1S/C6H13N2.CH3N.Pt/c7-5-3-1-2-4-6(5)8;1-2;/h5-7H,1-4,8H2;1H,2H2;/q-1;;. The quantitative estimate of drug-likeness (QED) is 0.678. The largest absolute Gasteiger partial charge is 0.673 e. The third-order valence-electron chi connectivity index (χ3n) is 1.82. The van der Waals surface area contributed by atoms with Crippen molar-refractivity contribution in [3.63, 3.8) is 0 Å². The first kappa shape index (κ1) is 11.4. The summed E-state index contributed by atoms with van der Waals surface area (Å²) >= 11 is 1.93. The van der Waals surface area contributed by atoms with Crippen LogP contribution in [0.5, 0.6) is 0 Å². The van der Waals surface area contributed by atoms with Gasteiger partial charge in [0, 0.05) is 0 Å². The van der Waals surface area contributed by atoms with E-state index in [0.717, 1.165) is 12.8 Å². The van der Waals surface area contributed by atoms with Crippen molar-refractivity contribution in [2.24, 2.45) is 11.5 Å².